The molecule has 3 aromatic rings. The Morgan fingerprint density at radius 1 is 1.02 bits per heavy atom. The molecule has 0 bridgehead atoms. The lowest BCUT2D eigenvalue weighted by molar-refractivity contribution is -0.147. The molecule has 4 N–H and O–H groups in total. The fraction of sp³-hybridized carbons (Fsp3) is 0.364. The molecule has 0 spiro atoms. The Kier molecular flexibility index (Phi) is 10.0. The highest BCUT2D eigenvalue weighted by atomic mass is 32.2. The van der Waals surface area contributed by atoms with E-state index >= 15 is 0 Å². The molecule has 0 aliphatic carbocycles. The monoisotopic (exact) mass is 604 g/mol. The SMILES string of the molecule is Cc1c(O)cccc1C(=O)NC(Cc1ccccc1)C(O)C(=O)N1CSC(C)(C)C1C(=O)NCc1cccc(N(C)C)c1. The minimum absolute atomic E-state index is 0.0255. The summed E-state index contributed by atoms with van der Waals surface area (Å²) in [6.07, 6.45) is -1.44. The van der Waals surface area contributed by atoms with E-state index in [4.69, 9.17) is 0 Å². The zero-order valence-electron chi connectivity index (χ0n) is 25.2. The maximum absolute atomic E-state index is 13.9. The van der Waals surface area contributed by atoms with Crippen LogP contribution in [0.5, 0.6) is 5.75 Å². The number of aliphatic hydroxyl groups excluding tert-OH is 1. The number of carbonyl (C=O) groups excluding carboxylic acids is 3. The second-order valence-corrected chi connectivity index (χ2v) is 13.1. The Bertz CT molecular complexity index is 1460. The number of hydrogen-bond donors (Lipinski definition) is 4. The van der Waals surface area contributed by atoms with Gasteiger partial charge in [-0.2, -0.15) is 0 Å². The van der Waals surface area contributed by atoms with E-state index in [1.807, 2.05) is 87.4 Å². The van der Waals surface area contributed by atoms with Gasteiger partial charge < -0.3 is 30.6 Å². The number of thioether (sulfide) groups is 1. The van der Waals surface area contributed by atoms with Crippen LogP contribution in [0.3, 0.4) is 0 Å². The van der Waals surface area contributed by atoms with Crippen molar-refractivity contribution in [3.8, 4) is 5.75 Å². The predicted molar refractivity (Wildman–Crippen MR) is 170 cm³/mol. The zero-order chi connectivity index (χ0) is 31.3. The number of carbonyl (C=O) groups is 3. The lowest BCUT2D eigenvalue weighted by atomic mass is 9.96. The molecular weight excluding hydrogens is 564 g/mol. The summed E-state index contributed by atoms with van der Waals surface area (Å²) in [4.78, 5) is 44.2. The largest absolute Gasteiger partial charge is 0.508 e. The Hall–Kier alpha value is -4.02. The van der Waals surface area contributed by atoms with Crippen molar-refractivity contribution >= 4 is 35.2 Å². The van der Waals surface area contributed by atoms with E-state index in [9.17, 15) is 24.6 Å². The molecule has 1 saturated heterocycles. The van der Waals surface area contributed by atoms with E-state index in [-0.39, 0.29) is 36.1 Å². The molecular formula is C33H40N4O5S. The van der Waals surface area contributed by atoms with Gasteiger partial charge in [-0.25, -0.2) is 0 Å². The van der Waals surface area contributed by atoms with Gasteiger partial charge in [-0.3, -0.25) is 14.4 Å². The summed E-state index contributed by atoms with van der Waals surface area (Å²) in [6, 6.07) is 19.9. The van der Waals surface area contributed by atoms with Crippen LogP contribution in [0.2, 0.25) is 0 Å². The summed E-state index contributed by atoms with van der Waals surface area (Å²) in [7, 11) is 3.90. The molecule has 1 aliphatic heterocycles. The lowest BCUT2D eigenvalue weighted by Crippen LogP contribution is -2.58. The molecule has 1 aliphatic rings. The molecule has 1 heterocycles. The average Bonchev–Trinajstić information content (AvgIpc) is 3.31. The molecule has 10 heteroatoms. The third-order valence-corrected chi connectivity index (χ3v) is 9.14. The summed E-state index contributed by atoms with van der Waals surface area (Å²) >= 11 is 1.46. The molecule has 4 rings (SSSR count). The average molecular weight is 605 g/mol. The molecule has 9 nitrogen and oxygen atoms in total. The third-order valence-electron chi connectivity index (χ3n) is 7.77. The van der Waals surface area contributed by atoms with Gasteiger partial charge in [0.1, 0.15) is 11.8 Å². The fourth-order valence-corrected chi connectivity index (χ4v) is 6.35. The first kappa shape index (κ1) is 31.9. The molecule has 43 heavy (non-hydrogen) atoms. The quantitative estimate of drug-likeness (QED) is 0.280. The van der Waals surface area contributed by atoms with Crippen molar-refractivity contribution in [3.05, 3.63) is 95.1 Å². The van der Waals surface area contributed by atoms with Crippen LogP contribution in [0, 0.1) is 6.92 Å². The van der Waals surface area contributed by atoms with E-state index in [0.29, 0.717) is 5.56 Å². The minimum Gasteiger partial charge on any atom is -0.508 e. The van der Waals surface area contributed by atoms with Gasteiger partial charge in [-0.1, -0.05) is 48.5 Å². The highest BCUT2D eigenvalue weighted by Gasteiger charge is 2.49. The first-order valence-electron chi connectivity index (χ1n) is 14.2. The first-order chi connectivity index (χ1) is 20.4. The number of phenols is 1. The Morgan fingerprint density at radius 3 is 2.40 bits per heavy atom. The van der Waals surface area contributed by atoms with Crippen molar-refractivity contribution in [2.45, 2.75) is 56.7 Å². The molecule has 3 aromatic carbocycles. The summed E-state index contributed by atoms with van der Waals surface area (Å²) < 4.78 is -0.609. The molecule has 0 aromatic heterocycles. The zero-order valence-corrected chi connectivity index (χ0v) is 26.0. The number of aliphatic hydroxyl groups is 1. The second-order valence-electron chi connectivity index (χ2n) is 11.5. The Balaban J connectivity index is 1.54. The number of anilines is 1. The third kappa shape index (κ3) is 7.50. The number of phenolic OH excluding ortho intramolecular Hbond substituents is 1. The summed E-state index contributed by atoms with van der Waals surface area (Å²) in [5.41, 5.74) is 3.39. The van der Waals surface area contributed by atoms with Crippen LogP contribution in [0.1, 0.15) is 40.9 Å². The van der Waals surface area contributed by atoms with Crippen LogP contribution in [0.15, 0.2) is 72.8 Å². The van der Waals surface area contributed by atoms with Crippen molar-refractivity contribution in [1.82, 2.24) is 15.5 Å². The van der Waals surface area contributed by atoms with Crippen LogP contribution in [-0.4, -0.2) is 75.7 Å². The number of nitrogens with one attached hydrogen (secondary N) is 2. The van der Waals surface area contributed by atoms with Crippen LogP contribution in [-0.2, 0) is 22.6 Å². The van der Waals surface area contributed by atoms with Gasteiger partial charge in [-0.15, -0.1) is 11.8 Å². The predicted octanol–water partition coefficient (Wildman–Crippen LogP) is 3.47. The Morgan fingerprint density at radius 2 is 1.70 bits per heavy atom. The minimum atomic E-state index is -1.62. The first-order valence-corrected chi connectivity index (χ1v) is 15.2. The fourth-order valence-electron chi connectivity index (χ4n) is 5.21. The Labute approximate surface area is 257 Å². The standard InChI is InChI=1S/C33H40N4O5S/c1-21-25(15-10-16-27(21)38)30(40)35-26(18-22-11-7-6-8-12-22)28(39)32(42)37-20-43-33(2,3)29(37)31(41)34-19-23-13-9-14-24(17-23)36(4)5/h6-17,26,28-29,38-39H,18-20H2,1-5H3,(H,34,41)(H,35,40). The molecule has 0 saturated carbocycles. The summed E-state index contributed by atoms with van der Waals surface area (Å²) in [5.74, 6) is -1.28. The molecule has 3 amide bonds. The number of aromatic hydroxyl groups is 1. The number of amides is 3. The molecule has 228 valence electrons. The summed E-state index contributed by atoms with van der Waals surface area (Å²) in [6.45, 7) is 5.73. The van der Waals surface area contributed by atoms with Crippen LogP contribution >= 0.6 is 11.8 Å². The smallest absolute Gasteiger partial charge is 0.254 e. The maximum Gasteiger partial charge on any atom is 0.254 e. The normalized spacial score (nSPS) is 17.2. The van der Waals surface area contributed by atoms with Gasteiger partial charge in [0.15, 0.2) is 6.10 Å². The number of benzene rings is 3. The van der Waals surface area contributed by atoms with Crippen LogP contribution in [0.25, 0.3) is 0 Å². The van der Waals surface area contributed by atoms with Crippen molar-refractivity contribution in [3.63, 3.8) is 0 Å². The van der Waals surface area contributed by atoms with Gasteiger partial charge in [0, 0.05) is 42.2 Å². The van der Waals surface area contributed by atoms with E-state index in [0.717, 1.165) is 16.8 Å². The lowest BCUT2D eigenvalue weighted by Gasteiger charge is -2.33. The second kappa shape index (κ2) is 13.5. The maximum atomic E-state index is 13.9. The van der Waals surface area contributed by atoms with Crippen molar-refractivity contribution in [2.24, 2.45) is 0 Å². The van der Waals surface area contributed by atoms with E-state index in [1.54, 1.807) is 19.1 Å². The van der Waals surface area contributed by atoms with Gasteiger partial charge in [-0.05, 0) is 62.6 Å². The topological polar surface area (TPSA) is 122 Å². The number of hydrogen-bond acceptors (Lipinski definition) is 7. The summed E-state index contributed by atoms with van der Waals surface area (Å²) in [5, 5.41) is 27.4. The molecule has 3 unspecified atom stereocenters. The van der Waals surface area contributed by atoms with Gasteiger partial charge in [0.2, 0.25) is 5.91 Å². The van der Waals surface area contributed by atoms with E-state index < -0.39 is 34.7 Å². The van der Waals surface area contributed by atoms with Crippen molar-refractivity contribution in [2.75, 3.05) is 24.9 Å². The van der Waals surface area contributed by atoms with E-state index in [1.165, 1.54) is 22.7 Å². The van der Waals surface area contributed by atoms with Gasteiger partial charge in [0.25, 0.3) is 11.8 Å². The molecule has 1 fully saturated rings. The van der Waals surface area contributed by atoms with Gasteiger partial charge >= 0.3 is 0 Å². The van der Waals surface area contributed by atoms with Crippen LogP contribution in [0.4, 0.5) is 5.69 Å². The number of rotatable bonds is 10. The van der Waals surface area contributed by atoms with Gasteiger partial charge in [0.05, 0.1) is 11.9 Å². The van der Waals surface area contributed by atoms with Crippen molar-refractivity contribution in [1.29, 1.82) is 0 Å². The highest BCUT2D eigenvalue weighted by molar-refractivity contribution is 8.00. The highest BCUT2D eigenvalue weighted by Crippen LogP contribution is 2.40. The van der Waals surface area contributed by atoms with Crippen LogP contribution < -0.4 is 15.5 Å². The molecule has 3 atom stereocenters. The number of nitrogens with zero attached hydrogens (tertiary/aromatic N) is 2. The van der Waals surface area contributed by atoms with Crippen molar-refractivity contribution < 1.29 is 24.6 Å². The molecule has 0 radical (unpaired) electrons. The van der Waals surface area contributed by atoms with E-state index in [2.05, 4.69) is 10.6 Å².